The second kappa shape index (κ2) is 4.98. The topological polar surface area (TPSA) is 55.1 Å². The Balaban J connectivity index is 2.03. The Morgan fingerprint density at radius 1 is 1.47 bits per heavy atom. The van der Waals surface area contributed by atoms with E-state index in [2.05, 4.69) is 21.2 Å². The summed E-state index contributed by atoms with van der Waals surface area (Å²) in [5.74, 6) is -0.674. The molecule has 3 nitrogen and oxygen atoms in total. The Bertz CT molecular complexity index is 476. The number of hydrogen-bond acceptors (Lipinski definition) is 2. The first-order valence-electron chi connectivity index (χ1n) is 5.26. The number of anilines is 1. The van der Waals surface area contributed by atoms with E-state index in [9.17, 15) is 9.18 Å². The van der Waals surface area contributed by atoms with Gasteiger partial charge in [0, 0.05) is 11.7 Å². The van der Waals surface area contributed by atoms with Crippen LogP contribution in [0.2, 0.25) is 0 Å². The van der Waals surface area contributed by atoms with Crippen molar-refractivity contribution in [1.29, 1.82) is 0 Å². The first-order valence-corrected chi connectivity index (χ1v) is 6.05. The van der Waals surface area contributed by atoms with Crippen molar-refractivity contribution in [2.75, 3.05) is 5.32 Å². The second-order valence-electron chi connectivity index (χ2n) is 4.01. The van der Waals surface area contributed by atoms with Crippen LogP contribution >= 0.6 is 15.9 Å². The molecule has 0 heterocycles. The lowest BCUT2D eigenvalue weighted by atomic mass is 10.1. The van der Waals surface area contributed by atoms with E-state index in [0.717, 1.165) is 0 Å². The number of carbonyl (C=O) groups is 1. The fraction of sp³-hybridized carbons (Fsp3) is 0.250. The van der Waals surface area contributed by atoms with Crippen LogP contribution in [0, 0.1) is 11.7 Å². The number of hydrogen-bond donors (Lipinski definition) is 2. The highest BCUT2D eigenvalue weighted by atomic mass is 79.9. The van der Waals surface area contributed by atoms with E-state index < -0.39 is 0 Å². The standard InChI is InChI=1S/C12H12BrFN2O/c13-10-6-9(3-4-11(10)14)16-12(17)7-1-2-8(15)5-7/h1-4,6-8H,5,15H2,(H,16,17). The average molecular weight is 299 g/mol. The third kappa shape index (κ3) is 2.92. The van der Waals surface area contributed by atoms with Crippen LogP contribution in [0.25, 0.3) is 0 Å². The molecule has 1 aromatic rings. The van der Waals surface area contributed by atoms with E-state index in [1.165, 1.54) is 18.2 Å². The highest BCUT2D eigenvalue weighted by Crippen LogP contribution is 2.22. The SMILES string of the molecule is NC1C=CC(C(=O)Nc2ccc(F)c(Br)c2)C1. The first kappa shape index (κ1) is 12.3. The van der Waals surface area contributed by atoms with Gasteiger partial charge in [0.2, 0.25) is 5.91 Å². The molecule has 1 aliphatic carbocycles. The van der Waals surface area contributed by atoms with Gasteiger partial charge in [-0.25, -0.2) is 4.39 Å². The van der Waals surface area contributed by atoms with E-state index in [1.54, 1.807) is 6.08 Å². The van der Waals surface area contributed by atoms with Crippen LogP contribution in [-0.4, -0.2) is 11.9 Å². The van der Waals surface area contributed by atoms with Crippen LogP contribution in [0.4, 0.5) is 10.1 Å². The van der Waals surface area contributed by atoms with Crippen molar-refractivity contribution >= 4 is 27.5 Å². The number of amides is 1. The number of rotatable bonds is 2. The number of nitrogens with two attached hydrogens (primary N) is 1. The molecule has 0 aliphatic heterocycles. The number of nitrogens with one attached hydrogen (secondary N) is 1. The summed E-state index contributed by atoms with van der Waals surface area (Å²) in [7, 11) is 0. The van der Waals surface area contributed by atoms with Gasteiger partial charge in [-0.05, 0) is 40.5 Å². The van der Waals surface area contributed by atoms with Gasteiger partial charge < -0.3 is 11.1 Å². The van der Waals surface area contributed by atoms with Gasteiger partial charge in [0.25, 0.3) is 0 Å². The van der Waals surface area contributed by atoms with Gasteiger partial charge in [0.1, 0.15) is 5.82 Å². The van der Waals surface area contributed by atoms with E-state index in [4.69, 9.17) is 5.73 Å². The quantitative estimate of drug-likeness (QED) is 0.824. The molecule has 5 heteroatoms. The van der Waals surface area contributed by atoms with E-state index >= 15 is 0 Å². The lowest BCUT2D eigenvalue weighted by Crippen LogP contribution is -2.23. The molecule has 1 aromatic carbocycles. The maximum atomic E-state index is 13.0. The Labute approximate surface area is 107 Å². The highest BCUT2D eigenvalue weighted by Gasteiger charge is 2.22. The van der Waals surface area contributed by atoms with Gasteiger partial charge in [0.05, 0.1) is 10.4 Å². The zero-order valence-electron chi connectivity index (χ0n) is 8.99. The van der Waals surface area contributed by atoms with Crippen molar-refractivity contribution in [3.8, 4) is 0 Å². The lowest BCUT2D eigenvalue weighted by molar-refractivity contribution is -0.118. The molecule has 1 aliphatic rings. The summed E-state index contributed by atoms with van der Waals surface area (Å²) < 4.78 is 13.3. The molecule has 2 rings (SSSR count). The maximum Gasteiger partial charge on any atom is 0.231 e. The van der Waals surface area contributed by atoms with Crippen molar-refractivity contribution in [1.82, 2.24) is 0 Å². The molecule has 0 spiro atoms. The molecule has 0 saturated heterocycles. The lowest BCUT2D eigenvalue weighted by Gasteiger charge is -2.10. The van der Waals surface area contributed by atoms with Gasteiger partial charge in [-0.3, -0.25) is 4.79 Å². The summed E-state index contributed by atoms with van der Waals surface area (Å²) in [6.07, 6.45) is 4.25. The maximum absolute atomic E-state index is 13.0. The van der Waals surface area contributed by atoms with Crippen LogP contribution in [0.5, 0.6) is 0 Å². The summed E-state index contributed by atoms with van der Waals surface area (Å²) in [6.45, 7) is 0. The van der Waals surface area contributed by atoms with Crippen LogP contribution in [0.1, 0.15) is 6.42 Å². The molecule has 1 amide bonds. The minimum absolute atomic E-state index is 0.0503. The van der Waals surface area contributed by atoms with Gasteiger partial charge in [-0.15, -0.1) is 0 Å². The highest BCUT2D eigenvalue weighted by molar-refractivity contribution is 9.10. The fourth-order valence-corrected chi connectivity index (χ4v) is 2.11. The molecular weight excluding hydrogens is 287 g/mol. The largest absolute Gasteiger partial charge is 0.326 e. The Morgan fingerprint density at radius 3 is 2.82 bits per heavy atom. The van der Waals surface area contributed by atoms with Crippen molar-refractivity contribution in [3.63, 3.8) is 0 Å². The third-order valence-electron chi connectivity index (χ3n) is 2.64. The minimum atomic E-state index is -0.356. The Hall–Kier alpha value is -1.20. The normalized spacial score (nSPS) is 22.8. The number of carbonyl (C=O) groups excluding carboxylic acids is 1. The van der Waals surface area contributed by atoms with Gasteiger partial charge in [-0.2, -0.15) is 0 Å². The number of halogens is 2. The van der Waals surface area contributed by atoms with Gasteiger partial charge in [0.15, 0.2) is 0 Å². The van der Waals surface area contributed by atoms with E-state index in [-0.39, 0.29) is 23.7 Å². The summed E-state index contributed by atoms with van der Waals surface area (Å²) in [6, 6.07) is 4.31. The van der Waals surface area contributed by atoms with Crippen LogP contribution in [-0.2, 0) is 4.79 Å². The van der Waals surface area contributed by atoms with E-state index in [0.29, 0.717) is 16.6 Å². The molecule has 2 unspecified atom stereocenters. The van der Waals surface area contributed by atoms with Crippen molar-refractivity contribution in [2.24, 2.45) is 11.7 Å². The summed E-state index contributed by atoms with van der Waals surface area (Å²) >= 11 is 3.07. The van der Waals surface area contributed by atoms with Crippen molar-refractivity contribution in [3.05, 3.63) is 40.6 Å². The smallest absolute Gasteiger partial charge is 0.231 e. The third-order valence-corrected chi connectivity index (χ3v) is 3.25. The molecule has 0 fully saturated rings. The van der Waals surface area contributed by atoms with Crippen LogP contribution in [0.15, 0.2) is 34.8 Å². The molecule has 0 radical (unpaired) electrons. The zero-order valence-corrected chi connectivity index (χ0v) is 10.6. The molecule has 90 valence electrons. The molecule has 17 heavy (non-hydrogen) atoms. The first-order chi connectivity index (χ1) is 8.06. The van der Waals surface area contributed by atoms with Crippen LogP contribution in [0.3, 0.4) is 0 Å². The van der Waals surface area contributed by atoms with Crippen molar-refractivity contribution < 1.29 is 9.18 Å². The average Bonchev–Trinajstić information content (AvgIpc) is 2.70. The van der Waals surface area contributed by atoms with Crippen molar-refractivity contribution in [2.45, 2.75) is 12.5 Å². The predicted octanol–water partition coefficient (Wildman–Crippen LogP) is 2.43. The fourth-order valence-electron chi connectivity index (χ4n) is 1.73. The molecular formula is C12H12BrFN2O. The summed E-state index contributed by atoms with van der Waals surface area (Å²) in [4.78, 5) is 11.8. The second-order valence-corrected chi connectivity index (χ2v) is 4.86. The molecule has 0 saturated carbocycles. The monoisotopic (exact) mass is 298 g/mol. The molecule has 0 aromatic heterocycles. The van der Waals surface area contributed by atoms with Gasteiger partial charge >= 0.3 is 0 Å². The Kier molecular flexibility index (Phi) is 3.59. The molecule has 3 N–H and O–H groups in total. The van der Waals surface area contributed by atoms with E-state index in [1.807, 2.05) is 6.08 Å². The zero-order chi connectivity index (χ0) is 12.4. The van der Waals surface area contributed by atoms with Gasteiger partial charge in [-0.1, -0.05) is 12.2 Å². The minimum Gasteiger partial charge on any atom is -0.326 e. The number of benzene rings is 1. The Morgan fingerprint density at radius 2 is 2.24 bits per heavy atom. The summed E-state index contributed by atoms with van der Waals surface area (Å²) in [5, 5.41) is 2.73. The predicted molar refractivity (Wildman–Crippen MR) is 68.0 cm³/mol. The van der Waals surface area contributed by atoms with Crippen LogP contribution < -0.4 is 11.1 Å². The molecule has 2 atom stereocenters. The molecule has 0 bridgehead atoms. The summed E-state index contributed by atoms with van der Waals surface area (Å²) in [5.41, 5.74) is 6.24.